The number of hydrogen-bond donors (Lipinski definition) is 1. The van der Waals surface area contributed by atoms with E-state index in [1.165, 1.54) is 0 Å². The number of carboxylic acid groups (broad SMARTS) is 1. The number of rotatable bonds is 3. The molecule has 1 N–H and O–H groups in total. The lowest BCUT2D eigenvalue weighted by atomic mass is 9.98. The van der Waals surface area contributed by atoms with Crippen LogP contribution in [0.5, 0.6) is 0 Å². The Morgan fingerprint density at radius 3 is 2.39 bits per heavy atom. The standard InChI is InChI=1S/C14H14O3S/c1-9(14(15)16)10-3-4-12-8-13(18(2)17)6-5-11(12)7-10/h3-9H,1-2H3,(H,15,16)/t9-,18?/m0/s1. The molecule has 0 aliphatic rings. The van der Waals surface area contributed by atoms with E-state index in [9.17, 15) is 9.00 Å². The van der Waals surface area contributed by atoms with Crippen molar-refractivity contribution in [3.05, 3.63) is 42.0 Å². The van der Waals surface area contributed by atoms with Crippen LogP contribution in [-0.4, -0.2) is 21.5 Å². The monoisotopic (exact) mass is 262 g/mol. The fourth-order valence-electron chi connectivity index (χ4n) is 1.83. The first-order valence-corrected chi connectivity index (χ1v) is 7.15. The van der Waals surface area contributed by atoms with Crippen molar-refractivity contribution in [2.75, 3.05) is 6.26 Å². The van der Waals surface area contributed by atoms with Crippen LogP contribution >= 0.6 is 0 Å². The smallest absolute Gasteiger partial charge is 0.310 e. The topological polar surface area (TPSA) is 54.4 Å². The molecule has 0 aromatic heterocycles. The first-order chi connectivity index (χ1) is 8.49. The molecule has 2 atom stereocenters. The van der Waals surface area contributed by atoms with Gasteiger partial charge >= 0.3 is 5.97 Å². The Labute approximate surface area is 108 Å². The third-order valence-electron chi connectivity index (χ3n) is 3.04. The first-order valence-electron chi connectivity index (χ1n) is 5.59. The van der Waals surface area contributed by atoms with Gasteiger partial charge in [-0.05, 0) is 35.4 Å². The molecule has 94 valence electrons. The number of carbonyl (C=O) groups is 1. The largest absolute Gasteiger partial charge is 0.481 e. The van der Waals surface area contributed by atoms with Crippen molar-refractivity contribution in [3.8, 4) is 0 Å². The maximum atomic E-state index is 11.4. The molecule has 0 aliphatic carbocycles. The van der Waals surface area contributed by atoms with Crippen LogP contribution < -0.4 is 0 Å². The highest BCUT2D eigenvalue weighted by Crippen LogP contribution is 2.23. The lowest BCUT2D eigenvalue weighted by molar-refractivity contribution is -0.138. The van der Waals surface area contributed by atoms with E-state index < -0.39 is 22.7 Å². The van der Waals surface area contributed by atoms with Gasteiger partial charge in [0.15, 0.2) is 0 Å². The van der Waals surface area contributed by atoms with E-state index in [-0.39, 0.29) is 0 Å². The van der Waals surface area contributed by atoms with Gasteiger partial charge in [0.25, 0.3) is 0 Å². The van der Waals surface area contributed by atoms with Crippen molar-refractivity contribution >= 4 is 27.5 Å². The molecule has 0 saturated carbocycles. The minimum Gasteiger partial charge on any atom is -0.481 e. The molecule has 0 aliphatic heterocycles. The molecule has 0 amide bonds. The molecule has 4 heteroatoms. The van der Waals surface area contributed by atoms with Crippen LogP contribution in [0.15, 0.2) is 41.3 Å². The average molecular weight is 262 g/mol. The van der Waals surface area contributed by atoms with Gasteiger partial charge in [0.05, 0.1) is 5.92 Å². The summed E-state index contributed by atoms with van der Waals surface area (Å²) >= 11 is 0. The second-order valence-electron chi connectivity index (χ2n) is 4.28. The summed E-state index contributed by atoms with van der Waals surface area (Å²) in [4.78, 5) is 11.7. The van der Waals surface area contributed by atoms with E-state index in [4.69, 9.17) is 5.11 Å². The summed E-state index contributed by atoms with van der Waals surface area (Å²) in [5.41, 5.74) is 0.778. The Bertz CT molecular complexity index is 634. The summed E-state index contributed by atoms with van der Waals surface area (Å²) in [6, 6.07) is 11.1. The van der Waals surface area contributed by atoms with Gasteiger partial charge < -0.3 is 5.11 Å². The summed E-state index contributed by atoms with van der Waals surface area (Å²) < 4.78 is 11.4. The molecule has 2 rings (SSSR count). The summed E-state index contributed by atoms with van der Waals surface area (Å²) in [5, 5.41) is 10.9. The van der Waals surface area contributed by atoms with E-state index in [1.54, 1.807) is 13.2 Å². The molecule has 2 aromatic rings. The first kappa shape index (κ1) is 12.8. The highest BCUT2D eigenvalue weighted by Gasteiger charge is 2.13. The number of fused-ring (bicyclic) bond motifs is 1. The number of carboxylic acids is 1. The zero-order chi connectivity index (χ0) is 13.3. The third-order valence-corrected chi connectivity index (χ3v) is 3.96. The predicted molar refractivity (Wildman–Crippen MR) is 72.3 cm³/mol. The van der Waals surface area contributed by atoms with Crippen molar-refractivity contribution in [1.29, 1.82) is 0 Å². The van der Waals surface area contributed by atoms with Gasteiger partial charge in [0.1, 0.15) is 0 Å². The van der Waals surface area contributed by atoms with Crippen LogP contribution in [0.25, 0.3) is 10.8 Å². The summed E-state index contributed by atoms with van der Waals surface area (Å²) in [5.74, 6) is -1.35. The molecule has 2 aromatic carbocycles. The van der Waals surface area contributed by atoms with E-state index in [2.05, 4.69) is 0 Å². The molecular weight excluding hydrogens is 248 g/mol. The Kier molecular flexibility index (Phi) is 3.48. The van der Waals surface area contributed by atoms with Crippen molar-refractivity contribution in [1.82, 2.24) is 0 Å². The Hall–Kier alpha value is -1.68. The molecule has 0 spiro atoms. The molecule has 0 bridgehead atoms. The lowest BCUT2D eigenvalue weighted by Gasteiger charge is -2.08. The van der Waals surface area contributed by atoms with E-state index in [0.717, 1.165) is 21.2 Å². The van der Waals surface area contributed by atoms with Crippen LogP contribution in [0, 0.1) is 0 Å². The van der Waals surface area contributed by atoms with Gasteiger partial charge in [-0.2, -0.15) is 0 Å². The van der Waals surface area contributed by atoms with E-state index in [1.807, 2.05) is 36.4 Å². The Morgan fingerprint density at radius 2 is 1.78 bits per heavy atom. The number of hydrogen-bond acceptors (Lipinski definition) is 2. The maximum Gasteiger partial charge on any atom is 0.310 e. The van der Waals surface area contributed by atoms with Crippen LogP contribution in [-0.2, 0) is 15.6 Å². The molecular formula is C14H14O3S. The SMILES string of the molecule is C[C@H](C(=O)O)c1ccc2cc(S(C)=O)ccc2c1. The molecule has 0 heterocycles. The van der Waals surface area contributed by atoms with Gasteiger partial charge in [0.2, 0.25) is 0 Å². The quantitative estimate of drug-likeness (QED) is 0.925. The summed E-state index contributed by atoms with van der Waals surface area (Å²) in [6.45, 7) is 1.67. The summed E-state index contributed by atoms with van der Waals surface area (Å²) in [6.07, 6.45) is 1.64. The van der Waals surface area contributed by atoms with Crippen molar-refractivity contribution in [2.24, 2.45) is 0 Å². The van der Waals surface area contributed by atoms with Crippen LogP contribution in [0.1, 0.15) is 18.4 Å². The normalized spacial score (nSPS) is 14.3. The van der Waals surface area contributed by atoms with Gasteiger partial charge in [-0.15, -0.1) is 0 Å². The third kappa shape index (κ3) is 2.43. The minimum atomic E-state index is -1.00. The van der Waals surface area contributed by atoms with Gasteiger partial charge in [-0.25, -0.2) is 0 Å². The molecule has 1 unspecified atom stereocenters. The molecule has 0 saturated heterocycles. The average Bonchev–Trinajstić information content (AvgIpc) is 2.36. The Balaban J connectivity index is 2.50. The highest BCUT2D eigenvalue weighted by molar-refractivity contribution is 7.84. The maximum absolute atomic E-state index is 11.4. The van der Waals surface area contributed by atoms with E-state index in [0.29, 0.717) is 0 Å². The van der Waals surface area contributed by atoms with Crippen LogP contribution in [0.2, 0.25) is 0 Å². The summed E-state index contributed by atoms with van der Waals surface area (Å²) in [7, 11) is -1.00. The van der Waals surface area contributed by atoms with Crippen LogP contribution in [0.3, 0.4) is 0 Å². The lowest BCUT2D eigenvalue weighted by Crippen LogP contribution is -2.07. The molecule has 0 radical (unpaired) electrons. The molecule has 18 heavy (non-hydrogen) atoms. The second-order valence-corrected chi connectivity index (χ2v) is 5.66. The zero-order valence-electron chi connectivity index (χ0n) is 10.2. The minimum absolute atomic E-state index is 0.519. The van der Waals surface area contributed by atoms with Gasteiger partial charge in [-0.1, -0.05) is 24.3 Å². The fourth-order valence-corrected chi connectivity index (χ4v) is 2.39. The molecule has 3 nitrogen and oxygen atoms in total. The van der Waals surface area contributed by atoms with Crippen molar-refractivity contribution in [3.63, 3.8) is 0 Å². The predicted octanol–water partition coefficient (Wildman–Crippen LogP) is 2.77. The fraction of sp³-hybridized carbons (Fsp3) is 0.214. The number of aliphatic carboxylic acids is 1. The van der Waals surface area contributed by atoms with Crippen molar-refractivity contribution < 1.29 is 14.1 Å². The highest BCUT2D eigenvalue weighted by atomic mass is 32.2. The van der Waals surface area contributed by atoms with Gasteiger partial charge in [-0.3, -0.25) is 9.00 Å². The Morgan fingerprint density at radius 1 is 1.17 bits per heavy atom. The van der Waals surface area contributed by atoms with E-state index >= 15 is 0 Å². The number of benzene rings is 2. The second kappa shape index (κ2) is 4.90. The zero-order valence-corrected chi connectivity index (χ0v) is 11.0. The molecule has 0 fully saturated rings. The van der Waals surface area contributed by atoms with Crippen molar-refractivity contribution in [2.45, 2.75) is 17.7 Å². The van der Waals surface area contributed by atoms with Crippen LogP contribution in [0.4, 0.5) is 0 Å². The van der Waals surface area contributed by atoms with Gasteiger partial charge in [0, 0.05) is 22.0 Å².